The Morgan fingerprint density at radius 2 is 1.88 bits per heavy atom. The maximum Gasteiger partial charge on any atom is 0.281 e. The summed E-state index contributed by atoms with van der Waals surface area (Å²) in [7, 11) is -0.443. The van der Waals surface area contributed by atoms with Gasteiger partial charge in [0.05, 0.1) is 12.0 Å². The molecule has 1 aromatic carbocycles. The molecule has 1 aliphatic heterocycles. The van der Waals surface area contributed by atoms with E-state index in [1.165, 1.54) is 22.7 Å². The molecule has 0 aromatic heterocycles. The maximum atomic E-state index is 12.8. The minimum atomic E-state index is -3.48. The van der Waals surface area contributed by atoms with Gasteiger partial charge in [0, 0.05) is 27.2 Å². The molecule has 1 N–H and O–H groups in total. The number of hydrogen-bond acceptors (Lipinski definition) is 3. The molecule has 1 fully saturated rings. The van der Waals surface area contributed by atoms with E-state index >= 15 is 0 Å². The second-order valence-corrected chi connectivity index (χ2v) is 9.27. The molecule has 25 heavy (non-hydrogen) atoms. The van der Waals surface area contributed by atoms with Crippen molar-refractivity contribution in [2.45, 2.75) is 32.7 Å². The van der Waals surface area contributed by atoms with Crippen molar-refractivity contribution in [3.8, 4) is 0 Å². The van der Waals surface area contributed by atoms with E-state index < -0.39 is 10.2 Å². The van der Waals surface area contributed by atoms with Crippen LogP contribution in [0.15, 0.2) is 30.3 Å². The summed E-state index contributed by atoms with van der Waals surface area (Å²) in [6.07, 6.45) is 1.41. The first-order valence-electron chi connectivity index (χ1n) is 8.76. The van der Waals surface area contributed by atoms with Gasteiger partial charge in [-0.3, -0.25) is 4.79 Å². The SMILES string of the molecule is CC(C)C(NC(=O)C1CCCN(S(=O)(=O)N(C)C)C1)c1ccccc1. The van der Waals surface area contributed by atoms with Crippen molar-refractivity contribution in [1.29, 1.82) is 0 Å². The smallest absolute Gasteiger partial charge is 0.281 e. The van der Waals surface area contributed by atoms with Gasteiger partial charge in [0.25, 0.3) is 10.2 Å². The second-order valence-electron chi connectivity index (χ2n) is 7.13. The third kappa shape index (κ3) is 4.80. The molecular weight excluding hydrogens is 338 g/mol. The number of rotatable bonds is 6. The highest BCUT2D eigenvalue weighted by Gasteiger charge is 2.34. The highest BCUT2D eigenvalue weighted by atomic mass is 32.2. The molecule has 1 aromatic rings. The van der Waals surface area contributed by atoms with Gasteiger partial charge in [0.2, 0.25) is 5.91 Å². The molecule has 0 bridgehead atoms. The molecule has 1 amide bonds. The van der Waals surface area contributed by atoms with Crippen LogP contribution in [0.25, 0.3) is 0 Å². The van der Waals surface area contributed by atoms with E-state index in [4.69, 9.17) is 0 Å². The summed E-state index contributed by atoms with van der Waals surface area (Å²) in [5.74, 6) is -0.133. The normalized spacial score (nSPS) is 20.6. The Labute approximate surface area is 151 Å². The standard InChI is InChI=1S/C18H29N3O3S/c1-14(2)17(15-9-6-5-7-10-15)19-18(22)16-11-8-12-21(13-16)25(23,24)20(3)4/h5-7,9-10,14,16-17H,8,11-13H2,1-4H3,(H,19,22). The summed E-state index contributed by atoms with van der Waals surface area (Å²) in [4.78, 5) is 12.8. The first-order valence-corrected chi connectivity index (χ1v) is 10.2. The van der Waals surface area contributed by atoms with Crippen molar-refractivity contribution in [2.24, 2.45) is 11.8 Å². The topological polar surface area (TPSA) is 69.7 Å². The van der Waals surface area contributed by atoms with E-state index in [0.29, 0.717) is 19.4 Å². The predicted molar refractivity (Wildman–Crippen MR) is 99.1 cm³/mol. The summed E-state index contributed by atoms with van der Waals surface area (Å²) in [5, 5.41) is 3.13. The minimum Gasteiger partial charge on any atom is -0.349 e. The summed E-state index contributed by atoms with van der Waals surface area (Å²) in [5.41, 5.74) is 1.07. The lowest BCUT2D eigenvalue weighted by atomic mass is 9.93. The van der Waals surface area contributed by atoms with Gasteiger partial charge in [-0.25, -0.2) is 0 Å². The molecule has 0 saturated carbocycles. The van der Waals surface area contributed by atoms with Crippen LogP contribution in [0, 0.1) is 11.8 Å². The van der Waals surface area contributed by atoms with Crippen LogP contribution >= 0.6 is 0 Å². The van der Waals surface area contributed by atoms with Gasteiger partial charge < -0.3 is 5.32 Å². The average molecular weight is 368 g/mol. The van der Waals surface area contributed by atoms with Gasteiger partial charge in [0.15, 0.2) is 0 Å². The van der Waals surface area contributed by atoms with Crippen LogP contribution in [-0.4, -0.2) is 50.1 Å². The molecule has 0 radical (unpaired) electrons. The number of carbonyl (C=O) groups is 1. The van der Waals surface area contributed by atoms with Crippen LogP contribution in [0.1, 0.15) is 38.3 Å². The Morgan fingerprint density at radius 1 is 1.24 bits per heavy atom. The average Bonchev–Trinajstić information content (AvgIpc) is 2.59. The molecular formula is C18H29N3O3S. The largest absolute Gasteiger partial charge is 0.349 e. The molecule has 140 valence electrons. The lowest BCUT2D eigenvalue weighted by molar-refractivity contribution is -0.127. The lowest BCUT2D eigenvalue weighted by Gasteiger charge is -2.34. The number of carbonyl (C=O) groups excluding carboxylic acids is 1. The van der Waals surface area contributed by atoms with E-state index in [9.17, 15) is 13.2 Å². The number of nitrogens with zero attached hydrogens (tertiary/aromatic N) is 2. The molecule has 2 atom stereocenters. The summed E-state index contributed by atoms with van der Waals surface area (Å²) in [6, 6.07) is 9.82. The van der Waals surface area contributed by atoms with Gasteiger partial charge in [-0.1, -0.05) is 44.2 Å². The Bertz CT molecular complexity index is 674. The third-order valence-corrected chi connectivity index (χ3v) is 6.57. The van der Waals surface area contributed by atoms with E-state index in [-0.39, 0.29) is 30.3 Å². The van der Waals surface area contributed by atoms with E-state index in [0.717, 1.165) is 5.56 Å². The van der Waals surface area contributed by atoms with Crippen LogP contribution in [0.5, 0.6) is 0 Å². The fraction of sp³-hybridized carbons (Fsp3) is 0.611. The molecule has 1 heterocycles. The van der Waals surface area contributed by atoms with Gasteiger partial charge >= 0.3 is 0 Å². The van der Waals surface area contributed by atoms with Crippen LogP contribution in [0.2, 0.25) is 0 Å². The molecule has 2 unspecified atom stereocenters. The van der Waals surface area contributed by atoms with Gasteiger partial charge in [-0.05, 0) is 24.3 Å². The van der Waals surface area contributed by atoms with Crippen LogP contribution in [0.3, 0.4) is 0 Å². The zero-order valence-corrected chi connectivity index (χ0v) is 16.3. The first kappa shape index (κ1) is 19.9. The van der Waals surface area contributed by atoms with Crippen molar-refractivity contribution >= 4 is 16.1 Å². The molecule has 0 aliphatic carbocycles. The maximum absolute atomic E-state index is 12.8. The number of piperidine rings is 1. The van der Waals surface area contributed by atoms with Crippen LogP contribution in [0.4, 0.5) is 0 Å². The Hall–Kier alpha value is -1.44. The Balaban J connectivity index is 2.09. The zero-order valence-electron chi connectivity index (χ0n) is 15.5. The van der Waals surface area contributed by atoms with Crippen molar-refractivity contribution in [3.05, 3.63) is 35.9 Å². The highest BCUT2D eigenvalue weighted by molar-refractivity contribution is 7.86. The summed E-state index contributed by atoms with van der Waals surface area (Å²) >= 11 is 0. The minimum absolute atomic E-state index is 0.0683. The van der Waals surface area contributed by atoms with Gasteiger partial charge in [-0.15, -0.1) is 0 Å². The monoisotopic (exact) mass is 367 g/mol. The first-order chi connectivity index (χ1) is 11.7. The molecule has 1 saturated heterocycles. The lowest BCUT2D eigenvalue weighted by Crippen LogP contribution is -2.49. The molecule has 7 heteroatoms. The molecule has 0 spiro atoms. The highest BCUT2D eigenvalue weighted by Crippen LogP contribution is 2.25. The van der Waals surface area contributed by atoms with E-state index in [1.54, 1.807) is 0 Å². The summed E-state index contributed by atoms with van der Waals surface area (Å²) < 4.78 is 27.3. The quantitative estimate of drug-likeness (QED) is 0.836. The number of hydrogen-bond donors (Lipinski definition) is 1. The molecule has 6 nitrogen and oxygen atoms in total. The fourth-order valence-electron chi connectivity index (χ4n) is 3.16. The zero-order chi connectivity index (χ0) is 18.6. The van der Waals surface area contributed by atoms with Crippen molar-refractivity contribution in [2.75, 3.05) is 27.2 Å². The molecule has 1 aliphatic rings. The Kier molecular flexibility index (Phi) is 6.59. The van der Waals surface area contributed by atoms with Crippen LogP contribution < -0.4 is 5.32 Å². The van der Waals surface area contributed by atoms with Crippen molar-refractivity contribution in [1.82, 2.24) is 13.9 Å². The van der Waals surface area contributed by atoms with E-state index in [2.05, 4.69) is 19.2 Å². The van der Waals surface area contributed by atoms with Gasteiger partial charge in [0.1, 0.15) is 0 Å². The number of nitrogens with one attached hydrogen (secondary N) is 1. The second kappa shape index (κ2) is 8.29. The Morgan fingerprint density at radius 3 is 2.44 bits per heavy atom. The number of amides is 1. The number of benzene rings is 1. The third-order valence-electron chi connectivity index (χ3n) is 4.67. The van der Waals surface area contributed by atoms with Crippen molar-refractivity contribution in [3.63, 3.8) is 0 Å². The van der Waals surface area contributed by atoms with Crippen molar-refractivity contribution < 1.29 is 13.2 Å². The fourth-order valence-corrected chi connectivity index (χ4v) is 4.35. The van der Waals surface area contributed by atoms with Crippen LogP contribution in [-0.2, 0) is 15.0 Å². The predicted octanol–water partition coefficient (Wildman–Crippen LogP) is 2.02. The summed E-state index contributed by atoms with van der Waals surface area (Å²) in [6.45, 7) is 4.85. The van der Waals surface area contributed by atoms with Gasteiger partial charge in [-0.2, -0.15) is 17.0 Å². The molecule has 2 rings (SSSR count). The van der Waals surface area contributed by atoms with E-state index in [1.807, 2.05) is 30.3 Å².